The van der Waals surface area contributed by atoms with Gasteiger partial charge in [0.15, 0.2) is 5.82 Å². The van der Waals surface area contributed by atoms with Crippen LogP contribution in [0.15, 0.2) is 18.2 Å². The molecule has 0 spiro atoms. The van der Waals surface area contributed by atoms with Crippen LogP contribution >= 0.6 is 0 Å². The Morgan fingerprint density at radius 3 is 2.71 bits per heavy atom. The van der Waals surface area contributed by atoms with Crippen LogP contribution in [-0.2, 0) is 30.5 Å². The number of amides is 1. The van der Waals surface area contributed by atoms with Crippen LogP contribution in [0.4, 0.5) is 22.0 Å². The highest BCUT2D eigenvalue weighted by atomic mass is 19.4. The van der Waals surface area contributed by atoms with Crippen molar-refractivity contribution in [1.29, 1.82) is 0 Å². The van der Waals surface area contributed by atoms with Gasteiger partial charge in [0.2, 0.25) is 11.7 Å². The zero-order valence-corrected chi connectivity index (χ0v) is 14.9. The van der Waals surface area contributed by atoms with E-state index in [1.165, 1.54) is 4.90 Å². The molecule has 1 aromatic carbocycles. The van der Waals surface area contributed by atoms with Crippen molar-refractivity contribution in [3.63, 3.8) is 0 Å². The van der Waals surface area contributed by atoms with Crippen LogP contribution in [0.25, 0.3) is 0 Å². The number of aromatic nitrogens is 3. The molecule has 2 N–H and O–H groups in total. The van der Waals surface area contributed by atoms with Gasteiger partial charge in [-0.3, -0.25) is 4.79 Å². The Kier molecular flexibility index (Phi) is 5.37. The maximum atomic E-state index is 13.7. The first-order valence-corrected chi connectivity index (χ1v) is 8.54. The van der Waals surface area contributed by atoms with Crippen molar-refractivity contribution >= 4 is 5.91 Å². The van der Waals surface area contributed by atoms with E-state index in [0.29, 0.717) is 0 Å². The van der Waals surface area contributed by atoms with Crippen molar-refractivity contribution in [3.8, 4) is 0 Å². The Hall–Kier alpha value is -2.56. The molecule has 0 bridgehead atoms. The van der Waals surface area contributed by atoms with Crippen LogP contribution in [0, 0.1) is 11.6 Å². The molecule has 0 radical (unpaired) electrons. The number of halogens is 5. The third kappa shape index (κ3) is 4.13. The average Bonchev–Trinajstić information content (AvgIpc) is 3.00. The lowest BCUT2D eigenvalue weighted by molar-refractivity contribution is -0.148. The number of carbonyl (C=O) groups is 1. The standard InChI is InChI=1S/C17H18F5N5O/c1-9-7-27-14(24-25-16(27)17(20,21)22)8-26(9)15(28)6-12(23)5-10-4-11(18)2-3-13(10)19/h2-4,9,12H,5-8,23H2,1H3. The summed E-state index contributed by atoms with van der Waals surface area (Å²) in [5.41, 5.74) is 5.97. The number of alkyl halides is 3. The molecule has 0 saturated heterocycles. The summed E-state index contributed by atoms with van der Waals surface area (Å²) in [5, 5.41) is 6.72. The van der Waals surface area contributed by atoms with Crippen LogP contribution < -0.4 is 5.73 Å². The molecule has 2 aromatic rings. The van der Waals surface area contributed by atoms with Crippen molar-refractivity contribution in [2.75, 3.05) is 0 Å². The van der Waals surface area contributed by atoms with Gasteiger partial charge in [0.25, 0.3) is 0 Å². The molecule has 1 amide bonds. The molecule has 28 heavy (non-hydrogen) atoms. The Bertz CT molecular complexity index is 881. The van der Waals surface area contributed by atoms with Crippen molar-refractivity contribution < 1.29 is 26.7 Å². The molecule has 1 aromatic heterocycles. The SMILES string of the molecule is CC1Cn2c(nnc2C(F)(F)F)CN1C(=O)CC(N)Cc1cc(F)ccc1F. The summed E-state index contributed by atoms with van der Waals surface area (Å²) in [7, 11) is 0. The fraction of sp³-hybridized carbons (Fsp3) is 0.471. The van der Waals surface area contributed by atoms with Gasteiger partial charge in [-0.05, 0) is 37.1 Å². The Labute approximate surface area is 157 Å². The minimum Gasteiger partial charge on any atom is -0.331 e. The molecule has 0 saturated carbocycles. The molecule has 1 aliphatic heterocycles. The van der Waals surface area contributed by atoms with Gasteiger partial charge in [-0.1, -0.05) is 0 Å². The summed E-state index contributed by atoms with van der Waals surface area (Å²) in [4.78, 5) is 13.9. The van der Waals surface area contributed by atoms with Gasteiger partial charge in [-0.2, -0.15) is 13.2 Å². The molecule has 11 heteroatoms. The van der Waals surface area contributed by atoms with Crippen LogP contribution in [0.5, 0.6) is 0 Å². The number of nitrogens with two attached hydrogens (primary N) is 1. The third-order valence-electron chi connectivity index (χ3n) is 4.62. The smallest absolute Gasteiger partial charge is 0.331 e. The predicted octanol–water partition coefficient (Wildman–Crippen LogP) is 2.27. The molecule has 0 fully saturated rings. The summed E-state index contributed by atoms with van der Waals surface area (Å²) in [6, 6.07) is 1.68. The highest BCUT2D eigenvalue weighted by Gasteiger charge is 2.41. The van der Waals surface area contributed by atoms with Gasteiger partial charge in [0, 0.05) is 25.0 Å². The minimum atomic E-state index is -4.63. The zero-order chi connectivity index (χ0) is 20.6. The topological polar surface area (TPSA) is 77.0 Å². The molecule has 2 unspecified atom stereocenters. The van der Waals surface area contributed by atoms with E-state index in [1.54, 1.807) is 6.92 Å². The first kappa shape index (κ1) is 20.2. The van der Waals surface area contributed by atoms with Crippen LogP contribution in [0.1, 0.15) is 30.6 Å². The van der Waals surface area contributed by atoms with Crippen LogP contribution in [0.3, 0.4) is 0 Å². The van der Waals surface area contributed by atoms with E-state index in [9.17, 15) is 26.7 Å². The zero-order valence-electron chi connectivity index (χ0n) is 14.9. The predicted molar refractivity (Wildman–Crippen MR) is 87.7 cm³/mol. The number of nitrogens with zero attached hydrogens (tertiary/aromatic N) is 4. The van der Waals surface area contributed by atoms with E-state index in [4.69, 9.17) is 5.73 Å². The van der Waals surface area contributed by atoms with Crippen molar-refractivity contribution in [1.82, 2.24) is 19.7 Å². The first-order valence-electron chi connectivity index (χ1n) is 8.54. The van der Waals surface area contributed by atoms with E-state index < -0.39 is 41.6 Å². The summed E-state index contributed by atoms with van der Waals surface area (Å²) >= 11 is 0. The summed E-state index contributed by atoms with van der Waals surface area (Å²) in [5.74, 6) is -2.70. The fourth-order valence-electron chi connectivity index (χ4n) is 3.25. The Balaban J connectivity index is 1.68. The second-order valence-corrected chi connectivity index (χ2v) is 6.82. The molecule has 2 atom stereocenters. The van der Waals surface area contributed by atoms with E-state index in [-0.39, 0.29) is 37.3 Å². The Morgan fingerprint density at radius 1 is 1.32 bits per heavy atom. The fourth-order valence-corrected chi connectivity index (χ4v) is 3.25. The monoisotopic (exact) mass is 403 g/mol. The van der Waals surface area contributed by atoms with E-state index in [1.807, 2.05) is 0 Å². The minimum absolute atomic E-state index is 0.0310. The maximum Gasteiger partial charge on any atom is 0.451 e. The molecule has 152 valence electrons. The number of benzene rings is 1. The van der Waals surface area contributed by atoms with Crippen molar-refractivity contribution in [2.45, 2.75) is 51.1 Å². The molecule has 0 aliphatic carbocycles. The maximum absolute atomic E-state index is 13.7. The lowest BCUT2D eigenvalue weighted by Crippen LogP contribution is -2.47. The number of carbonyl (C=O) groups excluding carboxylic acids is 1. The van der Waals surface area contributed by atoms with Gasteiger partial charge < -0.3 is 15.2 Å². The molecule has 3 rings (SSSR count). The van der Waals surface area contributed by atoms with E-state index in [2.05, 4.69) is 10.2 Å². The average molecular weight is 403 g/mol. The largest absolute Gasteiger partial charge is 0.451 e. The van der Waals surface area contributed by atoms with E-state index >= 15 is 0 Å². The molecule has 1 aliphatic rings. The third-order valence-corrected chi connectivity index (χ3v) is 4.62. The number of hydrogen-bond donors (Lipinski definition) is 1. The lowest BCUT2D eigenvalue weighted by atomic mass is 10.0. The van der Waals surface area contributed by atoms with Crippen molar-refractivity contribution in [2.24, 2.45) is 5.73 Å². The second-order valence-electron chi connectivity index (χ2n) is 6.82. The quantitative estimate of drug-likeness (QED) is 0.795. The van der Waals surface area contributed by atoms with Gasteiger partial charge in [-0.25, -0.2) is 8.78 Å². The summed E-state index contributed by atoms with van der Waals surface area (Å²) in [6.07, 6.45) is -4.85. The number of fused-ring (bicyclic) bond motifs is 1. The van der Waals surface area contributed by atoms with Gasteiger partial charge in [0.1, 0.15) is 11.6 Å². The highest BCUT2D eigenvalue weighted by Crippen LogP contribution is 2.30. The summed E-state index contributed by atoms with van der Waals surface area (Å²) in [6.45, 7) is 1.37. The van der Waals surface area contributed by atoms with Gasteiger partial charge in [0.05, 0.1) is 6.54 Å². The van der Waals surface area contributed by atoms with E-state index in [0.717, 1.165) is 22.8 Å². The molecular weight excluding hydrogens is 385 g/mol. The Morgan fingerprint density at radius 2 is 2.04 bits per heavy atom. The van der Waals surface area contributed by atoms with Crippen LogP contribution in [0.2, 0.25) is 0 Å². The van der Waals surface area contributed by atoms with Gasteiger partial charge >= 0.3 is 6.18 Å². The molecule has 6 nitrogen and oxygen atoms in total. The molecular formula is C17H18F5N5O. The second kappa shape index (κ2) is 7.46. The number of rotatable bonds is 4. The van der Waals surface area contributed by atoms with Gasteiger partial charge in [-0.15, -0.1) is 10.2 Å². The number of hydrogen-bond acceptors (Lipinski definition) is 4. The normalized spacial score (nSPS) is 18.1. The lowest BCUT2D eigenvalue weighted by Gasteiger charge is -2.34. The molecule has 2 heterocycles. The van der Waals surface area contributed by atoms with Crippen molar-refractivity contribution in [3.05, 3.63) is 47.0 Å². The van der Waals surface area contributed by atoms with Crippen LogP contribution in [-0.4, -0.2) is 37.7 Å². The summed E-state index contributed by atoms with van der Waals surface area (Å²) < 4.78 is 66.8. The first-order chi connectivity index (χ1) is 13.1. The highest BCUT2D eigenvalue weighted by molar-refractivity contribution is 5.77.